The van der Waals surface area contributed by atoms with Gasteiger partial charge in [0.05, 0.1) is 23.5 Å². The Morgan fingerprint density at radius 2 is 2.12 bits per heavy atom. The molecule has 0 saturated carbocycles. The highest BCUT2D eigenvalue weighted by Crippen LogP contribution is 2.28. The quantitative estimate of drug-likeness (QED) is 0.599. The van der Waals surface area contributed by atoms with Crippen LogP contribution < -0.4 is 10.6 Å². The molecule has 0 aromatic carbocycles. The molecule has 1 unspecified atom stereocenters. The summed E-state index contributed by atoms with van der Waals surface area (Å²) in [6, 6.07) is 0. The predicted octanol–water partition coefficient (Wildman–Crippen LogP) is -1.03. The predicted molar refractivity (Wildman–Crippen MR) is 62.7 cm³/mol. The molecule has 2 rings (SSSR count). The van der Waals surface area contributed by atoms with Crippen molar-refractivity contribution in [3.05, 3.63) is 0 Å². The molecule has 0 amide bonds. The summed E-state index contributed by atoms with van der Waals surface area (Å²) in [6.45, 7) is 3.02. The van der Waals surface area contributed by atoms with E-state index in [1.165, 1.54) is 0 Å². The molecule has 17 heavy (non-hydrogen) atoms. The molecule has 98 valence electrons. The lowest BCUT2D eigenvalue weighted by molar-refractivity contribution is -0.139. The van der Waals surface area contributed by atoms with E-state index in [-0.39, 0.29) is 17.9 Å². The summed E-state index contributed by atoms with van der Waals surface area (Å²) in [4.78, 5) is 10.8. The van der Waals surface area contributed by atoms with Gasteiger partial charge in [0, 0.05) is 18.6 Å². The number of carboxylic acid groups (broad SMARTS) is 1. The van der Waals surface area contributed by atoms with Crippen LogP contribution in [0, 0.1) is 0 Å². The van der Waals surface area contributed by atoms with Crippen LogP contribution in [-0.2, 0) is 14.6 Å². The second kappa shape index (κ2) is 3.93. The second-order valence-electron chi connectivity index (χ2n) is 5.48. The molecule has 2 aliphatic heterocycles. The van der Waals surface area contributed by atoms with E-state index in [1.807, 2.05) is 6.92 Å². The summed E-state index contributed by atoms with van der Waals surface area (Å²) < 4.78 is 23.0. The SMILES string of the molecule is CC1(NC2(CC(=O)O)CNC2)CCS(=O)(=O)C1. The molecule has 2 aliphatic rings. The Bertz CT molecular complexity index is 430. The first-order valence-electron chi connectivity index (χ1n) is 5.67. The van der Waals surface area contributed by atoms with Crippen LogP contribution in [0.15, 0.2) is 0 Å². The molecule has 3 N–H and O–H groups in total. The lowest BCUT2D eigenvalue weighted by Crippen LogP contribution is -2.73. The molecule has 0 aliphatic carbocycles. The van der Waals surface area contributed by atoms with Crippen molar-refractivity contribution in [2.45, 2.75) is 30.8 Å². The van der Waals surface area contributed by atoms with Crippen molar-refractivity contribution in [2.24, 2.45) is 0 Å². The third-order valence-corrected chi connectivity index (χ3v) is 5.39. The maximum atomic E-state index is 11.5. The van der Waals surface area contributed by atoms with Gasteiger partial charge in [0.2, 0.25) is 0 Å². The van der Waals surface area contributed by atoms with Gasteiger partial charge in [0.15, 0.2) is 9.84 Å². The minimum atomic E-state index is -2.97. The standard InChI is InChI=1S/C10H18N2O4S/c1-9(2-3-17(15,16)7-9)12-10(4-8(13)14)5-11-6-10/h11-12H,2-7H2,1H3,(H,13,14). The van der Waals surface area contributed by atoms with E-state index in [2.05, 4.69) is 10.6 Å². The van der Waals surface area contributed by atoms with Crippen LogP contribution in [0.2, 0.25) is 0 Å². The van der Waals surface area contributed by atoms with Gasteiger partial charge >= 0.3 is 5.97 Å². The molecule has 0 aromatic rings. The molecule has 7 heteroatoms. The molecule has 2 fully saturated rings. The third-order valence-electron chi connectivity index (χ3n) is 3.49. The van der Waals surface area contributed by atoms with Crippen LogP contribution in [0.25, 0.3) is 0 Å². The van der Waals surface area contributed by atoms with Crippen LogP contribution in [0.3, 0.4) is 0 Å². The summed E-state index contributed by atoms with van der Waals surface area (Å²) >= 11 is 0. The largest absolute Gasteiger partial charge is 0.481 e. The van der Waals surface area contributed by atoms with Gasteiger partial charge in [-0.2, -0.15) is 0 Å². The van der Waals surface area contributed by atoms with Crippen molar-refractivity contribution >= 4 is 15.8 Å². The van der Waals surface area contributed by atoms with Crippen molar-refractivity contribution < 1.29 is 18.3 Å². The van der Waals surface area contributed by atoms with Crippen molar-refractivity contribution in [2.75, 3.05) is 24.6 Å². The first-order valence-corrected chi connectivity index (χ1v) is 7.49. The zero-order chi connectivity index (χ0) is 12.7. The minimum absolute atomic E-state index is 0.0235. The Balaban J connectivity index is 2.07. The van der Waals surface area contributed by atoms with Gasteiger partial charge in [-0.25, -0.2) is 8.42 Å². The number of nitrogens with one attached hydrogen (secondary N) is 2. The average Bonchev–Trinajstić information content (AvgIpc) is 2.36. The number of hydrogen-bond acceptors (Lipinski definition) is 5. The van der Waals surface area contributed by atoms with Crippen molar-refractivity contribution in [3.63, 3.8) is 0 Å². The highest BCUT2D eigenvalue weighted by Gasteiger charge is 2.47. The molecule has 1 atom stereocenters. The molecule has 6 nitrogen and oxygen atoms in total. The van der Waals surface area contributed by atoms with E-state index in [0.717, 1.165) is 0 Å². The summed E-state index contributed by atoms with van der Waals surface area (Å²) in [5.41, 5.74) is -0.975. The first-order chi connectivity index (χ1) is 7.74. The van der Waals surface area contributed by atoms with Gasteiger partial charge in [-0.15, -0.1) is 0 Å². The van der Waals surface area contributed by atoms with E-state index in [9.17, 15) is 13.2 Å². The fraction of sp³-hybridized carbons (Fsp3) is 0.900. The van der Waals surface area contributed by atoms with Gasteiger partial charge in [-0.05, 0) is 13.3 Å². The van der Waals surface area contributed by atoms with Crippen LogP contribution in [0.4, 0.5) is 0 Å². The number of carboxylic acids is 1. The Kier molecular flexibility index (Phi) is 2.95. The Labute approximate surface area is 101 Å². The molecule has 0 bridgehead atoms. The van der Waals surface area contributed by atoms with Gasteiger partial charge in [-0.3, -0.25) is 4.79 Å². The van der Waals surface area contributed by atoms with Crippen molar-refractivity contribution in [1.29, 1.82) is 0 Å². The summed E-state index contributed by atoms with van der Waals surface area (Å²) in [7, 11) is -2.97. The van der Waals surface area contributed by atoms with E-state index >= 15 is 0 Å². The molecule has 2 saturated heterocycles. The maximum absolute atomic E-state index is 11.5. The van der Waals surface area contributed by atoms with Gasteiger partial charge < -0.3 is 15.7 Å². The molecular formula is C10H18N2O4S. The highest BCUT2D eigenvalue weighted by atomic mass is 32.2. The van der Waals surface area contributed by atoms with E-state index in [4.69, 9.17) is 5.11 Å². The zero-order valence-electron chi connectivity index (χ0n) is 9.82. The monoisotopic (exact) mass is 262 g/mol. The zero-order valence-corrected chi connectivity index (χ0v) is 10.6. The van der Waals surface area contributed by atoms with Gasteiger partial charge in [-0.1, -0.05) is 0 Å². The second-order valence-corrected chi connectivity index (χ2v) is 7.67. The minimum Gasteiger partial charge on any atom is -0.481 e. The number of rotatable bonds is 4. The molecule has 0 radical (unpaired) electrons. The van der Waals surface area contributed by atoms with Crippen molar-refractivity contribution in [1.82, 2.24) is 10.6 Å². The van der Waals surface area contributed by atoms with E-state index < -0.39 is 26.9 Å². The van der Waals surface area contributed by atoms with Crippen LogP contribution in [-0.4, -0.2) is 55.2 Å². The number of hydrogen-bond donors (Lipinski definition) is 3. The topological polar surface area (TPSA) is 95.5 Å². The molecule has 0 aromatic heterocycles. The van der Waals surface area contributed by atoms with Gasteiger partial charge in [0.1, 0.15) is 0 Å². The summed E-state index contributed by atoms with van der Waals surface area (Å²) in [5, 5.41) is 15.2. The smallest absolute Gasteiger partial charge is 0.305 e. The fourth-order valence-electron chi connectivity index (χ4n) is 2.72. The lowest BCUT2D eigenvalue weighted by atomic mass is 9.84. The third kappa shape index (κ3) is 2.78. The molecule has 2 heterocycles. The summed E-state index contributed by atoms with van der Waals surface area (Å²) in [5.74, 6) is -0.572. The Morgan fingerprint density at radius 3 is 2.47 bits per heavy atom. The lowest BCUT2D eigenvalue weighted by Gasteiger charge is -2.47. The maximum Gasteiger partial charge on any atom is 0.305 e. The van der Waals surface area contributed by atoms with Gasteiger partial charge in [0.25, 0.3) is 0 Å². The van der Waals surface area contributed by atoms with Crippen LogP contribution >= 0.6 is 0 Å². The van der Waals surface area contributed by atoms with Crippen LogP contribution in [0.5, 0.6) is 0 Å². The Morgan fingerprint density at radius 1 is 1.47 bits per heavy atom. The van der Waals surface area contributed by atoms with Crippen molar-refractivity contribution in [3.8, 4) is 0 Å². The Hall–Kier alpha value is -0.660. The average molecular weight is 262 g/mol. The normalized spacial score (nSPS) is 34.2. The van der Waals surface area contributed by atoms with E-state index in [0.29, 0.717) is 19.5 Å². The van der Waals surface area contributed by atoms with E-state index in [1.54, 1.807) is 0 Å². The first kappa shape index (κ1) is 12.8. The summed E-state index contributed by atoms with van der Waals surface area (Å²) in [6.07, 6.45) is 0.576. The number of carbonyl (C=O) groups is 1. The highest BCUT2D eigenvalue weighted by molar-refractivity contribution is 7.91. The van der Waals surface area contributed by atoms with Crippen LogP contribution in [0.1, 0.15) is 19.8 Å². The molecule has 0 spiro atoms. The molecular weight excluding hydrogens is 244 g/mol. The number of aliphatic carboxylic acids is 1. The number of sulfone groups is 1. The fourth-order valence-corrected chi connectivity index (χ4v) is 4.82.